The molecule has 0 aliphatic carbocycles. The van der Waals surface area contributed by atoms with Gasteiger partial charge >= 0.3 is 5.51 Å². The van der Waals surface area contributed by atoms with E-state index in [4.69, 9.17) is 0 Å². The highest BCUT2D eigenvalue weighted by Gasteiger charge is 2.47. The molecule has 0 unspecified atom stereocenters. The van der Waals surface area contributed by atoms with Gasteiger partial charge in [-0.25, -0.2) is 8.42 Å². The predicted octanol–water partition coefficient (Wildman–Crippen LogP) is 2.81. The summed E-state index contributed by atoms with van der Waals surface area (Å²) in [6.45, 7) is 5.44. The van der Waals surface area contributed by atoms with Gasteiger partial charge in [0.05, 0.1) is 9.82 Å². The van der Waals surface area contributed by atoms with Crippen LogP contribution >= 0.6 is 0 Å². The Morgan fingerprint density at radius 2 is 1.88 bits per heavy atom. The van der Waals surface area contributed by atoms with E-state index in [1.54, 1.807) is 4.90 Å². The van der Waals surface area contributed by atoms with Gasteiger partial charge in [0.25, 0.3) is 15.5 Å². The molecule has 1 aromatic rings. The third-order valence-electron chi connectivity index (χ3n) is 4.23. The monoisotopic (exact) mass is 395 g/mol. The molecule has 146 valence electrons. The van der Waals surface area contributed by atoms with Crippen LogP contribution in [0, 0.1) is 10.1 Å². The fourth-order valence-corrected chi connectivity index (χ4v) is 3.75. The molecule has 0 amide bonds. The SMILES string of the molecule is CCCN1CCCN(c2ccc(S(=O)(=O)C(F)(F)F)cc2[N+](=O)[O-])CC1. The van der Waals surface area contributed by atoms with Gasteiger partial charge in [-0.1, -0.05) is 6.92 Å². The number of nitro benzene ring substituents is 1. The number of anilines is 1. The second-order valence-corrected chi connectivity index (χ2v) is 7.98. The van der Waals surface area contributed by atoms with E-state index in [9.17, 15) is 31.7 Å². The molecule has 1 heterocycles. The van der Waals surface area contributed by atoms with Crippen molar-refractivity contribution in [3.8, 4) is 0 Å². The minimum atomic E-state index is -5.63. The first-order chi connectivity index (χ1) is 12.1. The lowest BCUT2D eigenvalue weighted by molar-refractivity contribution is -0.384. The van der Waals surface area contributed by atoms with Crippen molar-refractivity contribution in [1.82, 2.24) is 4.90 Å². The summed E-state index contributed by atoms with van der Waals surface area (Å²) in [5, 5.41) is 11.3. The Bertz CT molecular complexity index is 768. The largest absolute Gasteiger partial charge is 0.501 e. The predicted molar refractivity (Wildman–Crippen MR) is 89.9 cm³/mol. The molecule has 0 spiro atoms. The Balaban J connectivity index is 2.37. The molecule has 0 aromatic heterocycles. The third kappa shape index (κ3) is 4.26. The number of halogens is 3. The van der Waals surface area contributed by atoms with Gasteiger partial charge in [0.1, 0.15) is 5.69 Å². The molecular weight excluding hydrogens is 375 g/mol. The van der Waals surface area contributed by atoms with Crippen LogP contribution in [0.4, 0.5) is 24.5 Å². The number of alkyl halides is 3. The second kappa shape index (κ2) is 7.78. The lowest BCUT2D eigenvalue weighted by Gasteiger charge is -2.23. The van der Waals surface area contributed by atoms with Crippen molar-refractivity contribution in [2.75, 3.05) is 37.6 Å². The molecular formula is C15H20F3N3O4S. The summed E-state index contributed by atoms with van der Waals surface area (Å²) < 4.78 is 61.1. The molecule has 0 radical (unpaired) electrons. The maximum absolute atomic E-state index is 12.7. The molecule has 0 saturated carbocycles. The number of rotatable bonds is 5. The summed E-state index contributed by atoms with van der Waals surface area (Å²) in [6, 6.07) is 2.36. The molecule has 7 nitrogen and oxygen atoms in total. The number of hydrogen-bond donors (Lipinski definition) is 0. The molecule has 0 bridgehead atoms. The van der Waals surface area contributed by atoms with Gasteiger partial charge in [0, 0.05) is 25.7 Å². The Labute approximate surface area is 149 Å². The van der Waals surface area contributed by atoms with Crippen LogP contribution < -0.4 is 4.90 Å². The Morgan fingerprint density at radius 1 is 1.19 bits per heavy atom. The minimum Gasteiger partial charge on any atom is -0.365 e. The summed E-state index contributed by atoms with van der Waals surface area (Å²) >= 11 is 0. The van der Waals surface area contributed by atoms with Crippen LogP contribution in [0.15, 0.2) is 23.1 Å². The Hall–Kier alpha value is -1.88. The first kappa shape index (κ1) is 20.4. The van der Waals surface area contributed by atoms with E-state index in [2.05, 4.69) is 4.90 Å². The summed E-state index contributed by atoms with van der Waals surface area (Å²) in [6.07, 6.45) is 1.73. The molecule has 1 aromatic carbocycles. The van der Waals surface area contributed by atoms with Gasteiger partial charge in [-0.3, -0.25) is 10.1 Å². The van der Waals surface area contributed by atoms with E-state index in [0.29, 0.717) is 25.7 Å². The Morgan fingerprint density at radius 3 is 2.46 bits per heavy atom. The van der Waals surface area contributed by atoms with Crippen LogP contribution in [0.2, 0.25) is 0 Å². The first-order valence-electron chi connectivity index (χ1n) is 8.15. The van der Waals surface area contributed by atoms with E-state index in [1.165, 1.54) is 0 Å². The zero-order valence-corrected chi connectivity index (χ0v) is 15.0. The van der Waals surface area contributed by atoms with Gasteiger partial charge in [-0.05, 0) is 38.1 Å². The summed E-state index contributed by atoms with van der Waals surface area (Å²) in [5.41, 5.74) is -6.01. The van der Waals surface area contributed by atoms with Crippen LogP contribution in [0.5, 0.6) is 0 Å². The van der Waals surface area contributed by atoms with Gasteiger partial charge in [0.2, 0.25) is 0 Å². The van der Waals surface area contributed by atoms with E-state index in [-0.39, 0.29) is 5.69 Å². The fourth-order valence-electron chi connectivity index (χ4n) is 2.97. The number of benzene rings is 1. The van der Waals surface area contributed by atoms with Crippen molar-refractivity contribution in [1.29, 1.82) is 0 Å². The molecule has 1 fully saturated rings. The lowest BCUT2D eigenvalue weighted by atomic mass is 10.2. The molecule has 1 saturated heterocycles. The van der Waals surface area contributed by atoms with Crippen LogP contribution in [-0.4, -0.2) is 56.5 Å². The number of nitrogens with zero attached hydrogens (tertiary/aromatic N) is 3. The van der Waals surface area contributed by atoms with E-state index < -0.39 is 30.9 Å². The van der Waals surface area contributed by atoms with E-state index in [0.717, 1.165) is 38.1 Å². The van der Waals surface area contributed by atoms with E-state index >= 15 is 0 Å². The highest BCUT2D eigenvalue weighted by Crippen LogP contribution is 2.36. The normalized spacial score (nSPS) is 17.2. The van der Waals surface area contributed by atoms with Crippen LogP contribution in [0.3, 0.4) is 0 Å². The van der Waals surface area contributed by atoms with Gasteiger partial charge in [-0.15, -0.1) is 0 Å². The quantitative estimate of drug-likeness (QED) is 0.563. The van der Waals surface area contributed by atoms with Gasteiger partial charge < -0.3 is 9.80 Å². The van der Waals surface area contributed by atoms with Crippen molar-refractivity contribution < 1.29 is 26.5 Å². The number of sulfone groups is 1. The van der Waals surface area contributed by atoms with Crippen LogP contribution in [0.25, 0.3) is 0 Å². The highest BCUT2D eigenvalue weighted by molar-refractivity contribution is 7.92. The van der Waals surface area contributed by atoms with Crippen LogP contribution in [-0.2, 0) is 9.84 Å². The van der Waals surface area contributed by atoms with Crippen molar-refractivity contribution >= 4 is 21.2 Å². The molecule has 0 atom stereocenters. The molecule has 1 aliphatic rings. The molecule has 2 rings (SSSR count). The minimum absolute atomic E-state index is 0.134. The average Bonchev–Trinajstić information content (AvgIpc) is 2.79. The molecule has 0 N–H and O–H groups in total. The topological polar surface area (TPSA) is 83.8 Å². The zero-order valence-electron chi connectivity index (χ0n) is 14.2. The van der Waals surface area contributed by atoms with Gasteiger partial charge in [-0.2, -0.15) is 13.2 Å². The molecule has 26 heavy (non-hydrogen) atoms. The molecule has 11 heteroatoms. The second-order valence-electron chi connectivity index (χ2n) is 6.04. The average molecular weight is 395 g/mol. The van der Waals surface area contributed by atoms with Gasteiger partial charge in [0.15, 0.2) is 0 Å². The maximum Gasteiger partial charge on any atom is 0.501 e. The van der Waals surface area contributed by atoms with Crippen molar-refractivity contribution in [2.24, 2.45) is 0 Å². The smallest absolute Gasteiger partial charge is 0.365 e. The Kier molecular flexibility index (Phi) is 6.12. The standard InChI is InChI=1S/C15H20F3N3O4S/c1-2-6-19-7-3-8-20(10-9-19)13-5-4-12(11-14(13)21(22)23)26(24,25)15(16,17)18/h4-5,11H,2-3,6-10H2,1H3. The van der Waals surface area contributed by atoms with Crippen molar-refractivity contribution in [2.45, 2.75) is 30.2 Å². The van der Waals surface area contributed by atoms with Crippen LogP contribution in [0.1, 0.15) is 19.8 Å². The summed E-state index contributed by atoms with van der Waals surface area (Å²) in [4.78, 5) is 13.3. The summed E-state index contributed by atoms with van der Waals surface area (Å²) in [5.74, 6) is 0. The third-order valence-corrected chi connectivity index (χ3v) is 5.71. The fraction of sp³-hybridized carbons (Fsp3) is 0.600. The number of hydrogen-bond acceptors (Lipinski definition) is 6. The lowest BCUT2D eigenvalue weighted by Crippen LogP contribution is -2.31. The first-order valence-corrected chi connectivity index (χ1v) is 9.63. The molecule has 1 aliphatic heterocycles. The maximum atomic E-state index is 12.7. The highest BCUT2D eigenvalue weighted by atomic mass is 32.2. The van der Waals surface area contributed by atoms with Crippen molar-refractivity contribution in [3.05, 3.63) is 28.3 Å². The zero-order chi connectivity index (χ0) is 19.5. The van der Waals surface area contributed by atoms with E-state index in [1.807, 2.05) is 6.92 Å². The van der Waals surface area contributed by atoms with Crippen molar-refractivity contribution in [3.63, 3.8) is 0 Å². The summed E-state index contributed by atoms with van der Waals surface area (Å²) in [7, 11) is -5.63. The number of nitro groups is 1.